The highest BCUT2D eigenvalue weighted by molar-refractivity contribution is 7.99. The molecule has 0 spiro atoms. The van der Waals surface area contributed by atoms with Gasteiger partial charge in [0.25, 0.3) is 0 Å². The molecular formula is C20H23FN4O2S. The number of halogens is 1. The molecule has 2 fully saturated rings. The highest BCUT2D eigenvalue weighted by Crippen LogP contribution is 2.38. The van der Waals surface area contributed by atoms with Crippen LogP contribution in [0.2, 0.25) is 0 Å². The molecule has 1 N–H and O–H groups in total. The van der Waals surface area contributed by atoms with Crippen molar-refractivity contribution in [3.8, 4) is 5.75 Å². The Labute approximate surface area is 167 Å². The SMILES string of the molecule is Fc1ccc(OC2CN(c3nc4c(c(NC5CCOCC5)n3)SCC4)C2)cc1. The van der Waals surface area contributed by atoms with E-state index in [4.69, 9.17) is 19.4 Å². The Balaban J connectivity index is 1.27. The van der Waals surface area contributed by atoms with Crippen LogP contribution in [0.4, 0.5) is 16.2 Å². The lowest BCUT2D eigenvalue weighted by Crippen LogP contribution is -2.54. The van der Waals surface area contributed by atoms with Crippen LogP contribution in [-0.4, -0.2) is 54.2 Å². The molecular weight excluding hydrogens is 379 g/mol. The topological polar surface area (TPSA) is 59.5 Å². The minimum absolute atomic E-state index is 0.0728. The maximum absolute atomic E-state index is 13.0. The van der Waals surface area contributed by atoms with E-state index in [1.165, 1.54) is 17.0 Å². The molecule has 0 radical (unpaired) electrons. The van der Waals surface area contributed by atoms with Gasteiger partial charge in [0, 0.05) is 31.4 Å². The molecule has 2 saturated heterocycles. The van der Waals surface area contributed by atoms with Gasteiger partial charge in [-0.2, -0.15) is 4.98 Å². The van der Waals surface area contributed by atoms with Crippen LogP contribution in [0, 0.1) is 5.82 Å². The van der Waals surface area contributed by atoms with Gasteiger partial charge in [0.05, 0.1) is 23.7 Å². The summed E-state index contributed by atoms with van der Waals surface area (Å²) < 4.78 is 24.4. The maximum atomic E-state index is 13.0. The number of thioether (sulfide) groups is 1. The predicted octanol–water partition coefficient (Wildman–Crippen LogP) is 3.12. The fraction of sp³-hybridized carbons (Fsp3) is 0.500. The number of hydrogen-bond acceptors (Lipinski definition) is 7. The first kappa shape index (κ1) is 18.0. The van der Waals surface area contributed by atoms with Gasteiger partial charge in [-0.1, -0.05) is 0 Å². The number of rotatable bonds is 5. The van der Waals surface area contributed by atoms with Crippen LogP contribution in [-0.2, 0) is 11.2 Å². The Morgan fingerprint density at radius 1 is 1.14 bits per heavy atom. The van der Waals surface area contributed by atoms with E-state index in [1.807, 2.05) is 11.8 Å². The summed E-state index contributed by atoms with van der Waals surface area (Å²) in [6.45, 7) is 3.08. The Bertz CT molecular complexity index is 839. The molecule has 3 aliphatic rings. The summed E-state index contributed by atoms with van der Waals surface area (Å²) in [5.41, 5.74) is 1.15. The van der Waals surface area contributed by atoms with Crippen LogP contribution in [0.15, 0.2) is 29.2 Å². The van der Waals surface area contributed by atoms with Crippen LogP contribution in [0.3, 0.4) is 0 Å². The average Bonchev–Trinajstić information content (AvgIpc) is 3.15. The van der Waals surface area contributed by atoms with E-state index in [0.29, 0.717) is 11.8 Å². The number of nitrogens with zero attached hydrogens (tertiary/aromatic N) is 3. The van der Waals surface area contributed by atoms with Crippen molar-refractivity contribution >= 4 is 23.5 Å². The summed E-state index contributed by atoms with van der Waals surface area (Å²) in [4.78, 5) is 13.0. The van der Waals surface area contributed by atoms with Gasteiger partial charge in [0.1, 0.15) is 23.5 Å². The van der Waals surface area contributed by atoms with Crippen LogP contribution in [0.5, 0.6) is 5.75 Å². The molecule has 0 aliphatic carbocycles. The van der Waals surface area contributed by atoms with Crippen molar-refractivity contribution in [2.75, 3.05) is 42.3 Å². The first-order valence-corrected chi connectivity index (χ1v) is 10.8. The highest BCUT2D eigenvalue weighted by Gasteiger charge is 2.32. The molecule has 4 heterocycles. The molecule has 6 nitrogen and oxygen atoms in total. The molecule has 0 atom stereocenters. The predicted molar refractivity (Wildman–Crippen MR) is 107 cm³/mol. The average molecular weight is 402 g/mol. The van der Waals surface area contributed by atoms with Gasteiger partial charge in [-0.05, 0) is 37.1 Å². The Morgan fingerprint density at radius 2 is 1.93 bits per heavy atom. The molecule has 0 bridgehead atoms. The van der Waals surface area contributed by atoms with E-state index >= 15 is 0 Å². The third-order valence-electron chi connectivity index (χ3n) is 5.32. The molecule has 5 rings (SSSR count). The summed E-state index contributed by atoms with van der Waals surface area (Å²) >= 11 is 1.84. The summed E-state index contributed by atoms with van der Waals surface area (Å²) in [7, 11) is 0. The number of ether oxygens (including phenoxy) is 2. The zero-order valence-electron chi connectivity index (χ0n) is 15.6. The van der Waals surface area contributed by atoms with Crippen LogP contribution < -0.4 is 15.0 Å². The van der Waals surface area contributed by atoms with Gasteiger partial charge in [-0.15, -0.1) is 11.8 Å². The second-order valence-corrected chi connectivity index (χ2v) is 8.48. The van der Waals surface area contributed by atoms with E-state index in [-0.39, 0.29) is 11.9 Å². The monoisotopic (exact) mass is 402 g/mol. The largest absolute Gasteiger partial charge is 0.487 e. The first-order chi connectivity index (χ1) is 13.7. The van der Waals surface area contributed by atoms with Crippen molar-refractivity contribution in [2.24, 2.45) is 0 Å². The Morgan fingerprint density at radius 3 is 2.71 bits per heavy atom. The van der Waals surface area contributed by atoms with E-state index in [0.717, 1.165) is 68.8 Å². The van der Waals surface area contributed by atoms with Crippen LogP contribution in [0.25, 0.3) is 0 Å². The smallest absolute Gasteiger partial charge is 0.227 e. The molecule has 0 saturated carbocycles. The second-order valence-electron chi connectivity index (χ2n) is 7.38. The lowest BCUT2D eigenvalue weighted by molar-refractivity contribution is 0.0903. The quantitative estimate of drug-likeness (QED) is 0.825. The summed E-state index contributed by atoms with van der Waals surface area (Å²) in [6.07, 6.45) is 3.08. The van der Waals surface area contributed by atoms with Gasteiger partial charge in [0.15, 0.2) is 0 Å². The maximum Gasteiger partial charge on any atom is 0.227 e. The minimum Gasteiger partial charge on any atom is -0.487 e. The number of anilines is 2. The van der Waals surface area contributed by atoms with Crippen molar-refractivity contribution in [1.82, 2.24) is 9.97 Å². The summed E-state index contributed by atoms with van der Waals surface area (Å²) in [5.74, 6) is 3.24. The van der Waals surface area contributed by atoms with Crippen molar-refractivity contribution < 1.29 is 13.9 Å². The minimum atomic E-state index is -0.253. The fourth-order valence-electron chi connectivity index (χ4n) is 3.71. The molecule has 1 aromatic heterocycles. The van der Waals surface area contributed by atoms with E-state index < -0.39 is 0 Å². The third-order valence-corrected chi connectivity index (χ3v) is 6.44. The van der Waals surface area contributed by atoms with Gasteiger partial charge >= 0.3 is 0 Å². The van der Waals surface area contributed by atoms with E-state index in [9.17, 15) is 4.39 Å². The molecule has 0 unspecified atom stereocenters. The number of benzene rings is 1. The standard InChI is InChI=1S/C20H23FN4O2S/c21-13-1-3-15(4-2-13)27-16-11-25(12-16)20-23-17-7-10-28-18(17)19(24-20)22-14-5-8-26-9-6-14/h1-4,14,16H,5-12H2,(H,22,23,24). The molecule has 8 heteroatoms. The van der Waals surface area contributed by atoms with Crippen LogP contribution >= 0.6 is 11.8 Å². The van der Waals surface area contributed by atoms with E-state index in [1.54, 1.807) is 12.1 Å². The fourth-order valence-corrected chi connectivity index (χ4v) is 4.77. The Kier molecular flexibility index (Phi) is 4.98. The zero-order valence-corrected chi connectivity index (χ0v) is 16.4. The number of aryl methyl sites for hydroxylation is 1. The molecule has 1 aromatic carbocycles. The summed E-state index contributed by atoms with van der Waals surface area (Å²) in [6, 6.07) is 6.57. The normalized spacial score (nSPS) is 20.0. The van der Waals surface area contributed by atoms with Crippen LogP contribution in [0.1, 0.15) is 18.5 Å². The van der Waals surface area contributed by atoms with Gasteiger partial charge in [-0.25, -0.2) is 9.37 Å². The lowest BCUT2D eigenvalue weighted by Gasteiger charge is -2.39. The van der Waals surface area contributed by atoms with Gasteiger partial charge < -0.3 is 19.7 Å². The molecule has 28 heavy (non-hydrogen) atoms. The number of fused-ring (bicyclic) bond motifs is 1. The third kappa shape index (κ3) is 3.75. The molecule has 148 valence electrons. The zero-order chi connectivity index (χ0) is 18.9. The lowest BCUT2D eigenvalue weighted by atomic mass is 10.1. The highest BCUT2D eigenvalue weighted by atomic mass is 32.2. The molecule has 2 aromatic rings. The molecule has 0 amide bonds. The first-order valence-electron chi connectivity index (χ1n) is 9.80. The van der Waals surface area contributed by atoms with Gasteiger partial charge in [-0.3, -0.25) is 0 Å². The summed E-state index contributed by atoms with van der Waals surface area (Å²) in [5, 5.41) is 3.64. The van der Waals surface area contributed by atoms with Crippen molar-refractivity contribution in [2.45, 2.75) is 36.3 Å². The van der Waals surface area contributed by atoms with E-state index in [2.05, 4.69) is 10.2 Å². The van der Waals surface area contributed by atoms with Crippen molar-refractivity contribution in [1.29, 1.82) is 0 Å². The molecule has 3 aliphatic heterocycles. The number of hydrogen-bond donors (Lipinski definition) is 1. The second kappa shape index (κ2) is 7.75. The van der Waals surface area contributed by atoms with Gasteiger partial charge in [0.2, 0.25) is 5.95 Å². The van der Waals surface area contributed by atoms with Crippen molar-refractivity contribution in [3.63, 3.8) is 0 Å². The van der Waals surface area contributed by atoms with Crippen molar-refractivity contribution in [3.05, 3.63) is 35.8 Å². The Hall–Kier alpha value is -2.06. The number of aromatic nitrogens is 2. The number of nitrogens with one attached hydrogen (secondary N) is 1.